The van der Waals surface area contributed by atoms with Crippen LogP contribution in [0.2, 0.25) is 0 Å². The van der Waals surface area contributed by atoms with Crippen molar-refractivity contribution in [2.75, 3.05) is 5.32 Å². The van der Waals surface area contributed by atoms with Gasteiger partial charge in [0.05, 0.1) is 16.8 Å². The van der Waals surface area contributed by atoms with E-state index in [4.69, 9.17) is 0 Å². The average Bonchev–Trinajstić information content (AvgIpc) is 2.94. The van der Waals surface area contributed by atoms with Crippen LogP contribution in [0.3, 0.4) is 0 Å². The first-order chi connectivity index (χ1) is 20.6. The Bertz CT molecular complexity index is 1780. The molecule has 0 spiro atoms. The summed E-state index contributed by atoms with van der Waals surface area (Å²) in [6.45, 7) is 2.87. The van der Waals surface area contributed by atoms with Gasteiger partial charge in [-0.2, -0.15) is 13.2 Å². The van der Waals surface area contributed by atoms with Crippen molar-refractivity contribution < 1.29 is 41.0 Å². The van der Waals surface area contributed by atoms with E-state index in [1.54, 1.807) is 6.92 Å². The number of halogens is 6. The van der Waals surface area contributed by atoms with Crippen LogP contribution >= 0.6 is 0 Å². The molecule has 0 fully saturated rings. The zero-order chi connectivity index (χ0) is 32.5. The van der Waals surface area contributed by atoms with E-state index in [-0.39, 0.29) is 23.2 Å². The highest BCUT2D eigenvalue weighted by Crippen LogP contribution is 2.28. The van der Waals surface area contributed by atoms with Crippen molar-refractivity contribution in [3.05, 3.63) is 93.2 Å². The Morgan fingerprint density at radius 1 is 1.05 bits per heavy atom. The number of fused-ring (bicyclic) bond motifs is 1. The number of carboxylic acid groups (broad SMARTS) is 1. The molecule has 2 aromatic carbocycles. The van der Waals surface area contributed by atoms with Crippen molar-refractivity contribution in [1.82, 2.24) is 14.9 Å². The van der Waals surface area contributed by atoms with Gasteiger partial charge in [-0.25, -0.2) is 18.0 Å². The van der Waals surface area contributed by atoms with Crippen LogP contribution in [-0.2, 0) is 18.3 Å². The van der Waals surface area contributed by atoms with Crippen LogP contribution in [-0.4, -0.2) is 44.8 Å². The highest BCUT2D eigenvalue weighted by Gasteiger charge is 2.38. The van der Waals surface area contributed by atoms with Gasteiger partial charge in [-0.1, -0.05) is 13.0 Å². The number of carboxylic acids is 1. The lowest BCUT2D eigenvalue weighted by Gasteiger charge is -2.21. The molecule has 0 aliphatic heterocycles. The Kier molecular flexibility index (Phi) is 9.02. The van der Waals surface area contributed by atoms with Gasteiger partial charge in [-0.3, -0.25) is 14.6 Å². The van der Waals surface area contributed by atoms with Gasteiger partial charge in [0.15, 0.2) is 0 Å². The summed E-state index contributed by atoms with van der Waals surface area (Å²) in [5.74, 6) is -6.46. The molecule has 0 radical (unpaired) electrons. The van der Waals surface area contributed by atoms with E-state index in [1.165, 1.54) is 55.1 Å². The van der Waals surface area contributed by atoms with E-state index >= 15 is 0 Å². The fraction of sp³-hybridized carbons (Fsp3) is 0.267. The summed E-state index contributed by atoms with van der Waals surface area (Å²) in [6, 6.07) is 4.16. The fourth-order valence-corrected chi connectivity index (χ4v) is 4.82. The molecule has 0 bridgehead atoms. The number of carbonyl (C=O) groups excluding carboxylic acids is 1. The molecule has 3 N–H and O–H groups in total. The van der Waals surface area contributed by atoms with Crippen LogP contribution < -0.4 is 16.2 Å². The van der Waals surface area contributed by atoms with Gasteiger partial charge in [0.25, 0.3) is 11.5 Å². The molecule has 4 rings (SSSR count). The number of alkyl halides is 3. The monoisotopic (exact) mass is 620 g/mol. The predicted octanol–water partition coefficient (Wildman–Crippen LogP) is 5.50. The number of hydrogen-bond donors (Lipinski definition) is 3. The molecule has 0 saturated carbocycles. The number of benzene rings is 2. The van der Waals surface area contributed by atoms with Crippen LogP contribution in [0.4, 0.5) is 32.0 Å². The van der Waals surface area contributed by atoms with E-state index in [9.17, 15) is 45.8 Å². The molecular formula is C30H26F6N4O4. The Hall–Kier alpha value is -4.88. The Morgan fingerprint density at radius 2 is 1.70 bits per heavy atom. The van der Waals surface area contributed by atoms with Gasteiger partial charge in [-0.15, -0.1) is 0 Å². The van der Waals surface area contributed by atoms with Crippen molar-refractivity contribution >= 4 is 28.5 Å². The van der Waals surface area contributed by atoms with Crippen molar-refractivity contribution in [1.29, 1.82) is 0 Å². The molecule has 0 aliphatic rings. The summed E-state index contributed by atoms with van der Waals surface area (Å²) in [4.78, 5) is 41.9. The first-order valence-corrected chi connectivity index (χ1v) is 13.2. The summed E-state index contributed by atoms with van der Waals surface area (Å²) in [5.41, 5.74) is -0.427. The molecule has 8 nitrogen and oxygen atoms in total. The number of aliphatic carboxylic acids is 1. The van der Waals surface area contributed by atoms with Crippen LogP contribution in [0.15, 0.2) is 53.5 Å². The molecule has 0 unspecified atom stereocenters. The second-order valence-electron chi connectivity index (χ2n) is 10.1. The Labute approximate surface area is 246 Å². The minimum atomic E-state index is -4.69. The second-order valence-corrected chi connectivity index (χ2v) is 10.1. The fourth-order valence-electron chi connectivity index (χ4n) is 4.82. The zero-order valence-electron chi connectivity index (χ0n) is 23.5. The standard InChI is InChI=1S/C30H26F6N4O4/c1-4-24(30(34,35)36)38-17-11-19(32)26(20(33)12-17)27(41)39-22(29(43)44)9-15-5-7-21(37-13-15)25-14(2)18-10-16(31)6-8-23(18)40(3)28(25)42/h5-8,10-13,22,24,38H,4,9H2,1-3H3,(H,39,41)(H,43,44)/t22-,24+/m0/s1. The molecule has 14 heteroatoms. The van der Waals surface area contributed by atoms with Crippen LogP contribution in [0.5, 0.6) is 0 Å². The SMILES string of the molecule is CC[C@@H](Nc1cc(F)c(C(=O)N[C@@H](Cc2ccc(-c3c(C)c4cc(F)ccc4n(C)c3=O)nc2)C(=O)O)c(F)c1)C(F)(F)F. The average molecular weight is 621 g/mol. The smallest absolute Gasteiger partial charge is 0.408 e. The van der Waals surface area contributed by atoms with E-state index in [2.05, 4.69) is 4.98 Å². The predicted molar refractivity (Wildman–Crippen MR) is 150 cm³/mol. The van der Waals surface area contributed by atoms with E-state index in [1.807, 2.05) is 10.6 Å². The number of amides is 1. The van der Waals surface area contributed by atoms with E-state index < -0.39 is 70.8 Å². The summed E-state index contributed by atoms with van der Waals surface area (Å²) in [5, 5.41) is 14.1. The maximum absolute atomic E-state index is 14.7. The number of aromatic nitrogens is 2. The lowest BCUT2D eigenvalue weighted by atomic mass is 10.00. The van der Waals surface area contributed by atoms with Crippen molar-refractivity contribution in [2.45, 2.75) is 44.9 Å². The summed E-state index contributed by atoms with van der Waals surface area (Å²) in [6.07, 6.45) is -4.23. The van der Waals surface area contributed by atoms with Gasteiger partial charge in [0.1, 0.15) is 35.1 Å². The zero-order valence-corrected chi connectivity index (χ0v) is 23.5. The number of anilines is 1. The van der Waals surface area contributed by atoms with Gasteiger partial charge < -0.3 is 20.3 Å². The molecule has 0 saturated heterocycles. The molecule has 44 heavy (non-hydrogen) atoms. The third-order valence-electron chi connectivity index (χ3n) is 7.16. The van der Waals surface area contributed by atoms with Crippen molar-refractivity contribution in [3.8, 4) is 11.3 Å². The molecule has 2 atom stereocenters. The van der Waals surface area contributed by atoms with E-state index in [0.29, 0.717) is 28.6 Å². The quantitative estimate of drug-likeness (QED) is 0.213. The third kappa shape index (κ3) is 6.53. The first kappa shape index (κ1) is 32.0. The van der Waals surface area contributed by atoms with Crippen LogP contribution in [0.1, 0.15) is 34.8 Å². The maximum atomic E-state index is 14.7. The lowest BCUT2D eigenvalue weighted by Crippen LogP contribution is -2.43. The lowest BCUT2D eigenvalue weighted by molar-refractivity contribution is -0.143. The number of pyridine rings is 2. The molecule has 4 aromatic rings. The molecular weight excluding hydrogens is 594 g/mol. The number of hydrogen-bond acceptors (Lipinski definition) is 5. The van der Waals surface area contributed by atoms with Crippen molar-refractivity contribution in [3.63, 3.8) is 0 Å². The number of nitrogens with zero attached hydrogens (tertiary/aromatic N) is 2. The first-order valence-electron chi connectivity index (χ1n) is 13.2. The number of aryl methyl sites for hydroxylation is 2. The van der Waals surface area contributed by atoms with Gasteiger partial charge in [0, 0.05) is 30.7 Å². The topological polar surface area (TPSA) is 113 Å². The van der Waals surface area contributed by atoms with Crippen molar-refractivity contribution in [2.24, 2.45) is 7.05 Å². The number of carbonyl (C=O) groups is 2. The highest BCUT2D eigenvalue weighted by molar-refractivity contribution is 5.97. The molecule has 0 aliphatic carbocycles. The molecule has 2 aromatic heterocycles. The number of nitrogens with one attached hydrogen (secondary N) is 2. The third-order valence-corrected chi connectivity index (χ3v) is 7.16. The summed E-state index contributed by atoms with van der Waals surface area (Å²) in [7, 11) is 1.53. The van der Waals surface area contributed by atoms with Gasteiger partial charge in [-0.05, 0) is 60.9 Å². The van der Waals surface area contributed by atoms with E-state index in [0.717, 1.165) is 0 Å². The molecule has 232 valence electrons. The van der Waals surface area contributed by atoms with Crippen LogP contribution in [0.25, 0.3) is 22.2 Å². The van der Waals surface area contributed by atoms with Gasteiger partial charge in [0.2, 0.25) is 0 Å². The largest absolute Gasteiger partial charge is 0.480 e. The minimum Gasteiger partial charge on any atom is -0.480 e. The highest BCUT2D eigenvalue weighted by atomic mass is 19.4. The Balaban J connectivity index is 1.55. The normalized spacial score (nSPS) is 13.0. The summed E-state index contributed by atoms with van der Waals surface area (Å²) >= 11 is 0. The number of rotatable bonds is 9. The van der Waals surface area contributed by atoms with Crippen LogP contribution in [0, 0.1) is 24.4 Å². The second kappa shape index (κ2) is 12.4. The van der Waals surface area contributed by atoms with Gasteiger partial charge >= 0.3 is 12.1 Å². The molecule has 2 heterocycles. The summed E-state index contributed by atoms with van der Waals surface area (Å²) < 4.78 is 83.8. The Morgan fingerprint density at radius 3 is 2.25 bits per heavy atom. The maximum Gasteiger partial charge on any atom is 0.408 e. The minimum absolute atomic E-state index is 0.199. The molecule has 1 amide bonds.